The molecule has 9 heteroatoms. The molecule has 0 amide bonds. The van der Waals surface area contributed by atoms with Gasteiger partial charge in [0.05, 0.1) is 23.9 Å². The van der Waals surface area contributed by atoms with Gasteiger partial charge in [-0.3, -0.25) is 9.59 Å². The molecular formula is C24H14F3N3O3. The van der Waals surface area contributed by atoms with Gasteiger partial charge in [-0.1, -0.05) is 36.4 Å². The van der Waals surface area contributed by atoms with Crippen molar-refractivity contribution in [3.05, 3.63) is 88.7 Å². The molecule has 1 aromatic heterocycles. The van der Waals surface area contributed by atoms with E-state index in [0.717, 1.165) is 0 Å². The van der Waals surface area contributed by atoms with Crippen molar-refractivity contribution in [1.29, 1.82) is 0 Å². The van der Waals surface area contributed by atoms with Crippen molar-refractivity contribution in [2.45, 2.75) is 6.18 Å². The number of anilines is 2. The van der Waals surface area contributed by atoms with Gasteiger partial charge in [0.1, 0.15) is 11.6 Å². The highest BCUT2D eigenvalue weighted by molar-refractivity contribution is 6.30. The predicted octanol–water partition coefficient (Wildman–Crippen LogP) is 5.18. The molecule has 0 bridgehead atoms. The lowest BCUT2D eigenvalue weighted by atomic mass is 9.83. The van der Waals surface area contributed by atoms with Crippen LogP contribution in [0.2, 0.25) is 0 Å². The van der Waals surface area contributed by atoms with Crippen molar-refractivity contribution >= 4 is 34.0 Å². The summed E-state index contributed by atoms with van der Waals surface area (Å²) in [6, 6.07) is 15.5. The number of fused-ring (bicyclic) bond motifs is 3. The Labute approximate surface area is 185 Å². The lowest BCUT2D eigenvalue weighted by Gasteiger charge is -2.21. The minimum absolute atomic E-state index is 0.0109. The van der Waals surface area contributed by atoms with E-state index in [2.05, 4.69) is 15.3 Å². The molecule has 0 saturated carbocycles. The molecule has 1 aliphatic rings. The first-order valence-corrected chi connectivity index (χ1v) is 9.79. The zero-order valence-electron chi connectivity index (χ0n) is 17.0. The number of hydrogen-bond donors (Lipinski definition) is 1. The third kappa shape index (κ3) is 3.38. The average Bonchev–Trinajstić information content (AvgIpc) is 2.81. The van der Waals surface area contributed by atoms with Gasteiger partial charge in [0.15, 0.2) is 11.6 Å². The van der Waals surface area contributed by atoms with Gasteiger partial charge >= 0.3 is 6.18 Å². The predicted molar refractivity (Wildman–Crippen MR) is 114 cm³/mol. The van der Waals surface area contributed by atoms with E-state index in [1.807, 2.05) is 0 Å². The molecule has 0 radical (unpaired) electrons. The van der Waals surface area contributed by atoms with Crippen molar-refractivity contribution in [1.82, 2.24) is 9.97 Å². The minimum Gasteiger partial charge on any atom is -0.497 e. The molecule has 1 aliphatic carbocycles. The summed E-state index contributed by atoms with van der Waals surface area (Å²) in [6.45, 7) is 0. The quantitative estimate of drug-likeness (QED) is 0.409. The number of carbonyl (C=O) groups excluding carboxylic acids is 2. The number of nitrogens with one attached hydrogen (secondary N) is 1. The molecule has 33 heavy (non-hydrogen) atoms. The fourth-order valence-corrected chi connectivity index (χ4v) is 3.84. The summed E-state index contributed by atoms with van der Waals surface area (Å²) in [5.41, 5.74) is 0.944. The second-order valence-corrected chi connectivity index (χ2v) is 7.33. The molecule has 0 atom stereocenters. The molecule has 0 spiro atoms. The van der Waals surface area contributed by atoms with Crippen molar-refractivity contribution < 1.29 is 27.5 Å². The van der Waals surface area contributed by atoms with Crippen LogP contribution in [0.25, 0.3) is 10.9 Å². The van der Waals surface area contributed by atoms with Crippen LogP contribution in [0, 0.1) is 0 Å². The number of alkyl halides is 3. The zero-order chi connectivity index (χ0) is 23.3. The maximum absolute atomic E-state index is 13.5. The summed E-state index contributed by atoms with van der Waals surface area (Å²) in [6.07, 6.45) is -4.80. The summed E-state index contributed by atoms with van der Waals surface area (Å²) < 4.78 is 45.6. The molecule has 0 aliphatic heterocycles. The Balaban J connectivity index is 1.69. The van der Waals surface area contributed by atoms with E-state index in [0.29, 0.717) is 5.75 Å². The third-order valence-corrected chi connectivity index (χ3v) is 5.36. The van der Waals surface area contributed by atoms with Crippen molar-refractivity contribution in [3.63, 3.8) is 0 Å². The largest absolute Gasteiger partial charge is 0.497 e. The van der Waals surface area contributed by atoms with Crippen LogP contribution < -0.4 is 10.1 Å². The molecule has 0 saturated heterocycles. The summed E-state index contributed by atoms with van der Waals surface area (Å²) in [4.78, 5) is 33.5. The van der Waals surface area contributed by atoms with E-state index in [1.54, 1.807) is 36.4 Å². The summed E-state index contributed by atoms with van der Waals surface area (Å²) in [5, 5.41) is 3.13. The van der Waals surface area contributed by atoms with Crippen LogP contribution in [0.15, 0.2) is 60.7 Å². The molecule has 1 heterocycles. The molecule has 0 unspecified atom stereocenters. The average molecular weight is 449 g/mol. The van der Waals surface area contributed by atoms with Gasteiger partial charge in [-0.05, 0) is 18.2 Å². The van der Waals surface area contributed by atoms with Crippen LogP contribution in [-0.2, 0) is 6.18 Å². The highest BCUT2D eigenvalue weighted by atomic mass is 19.4. The van der Waals surface area contributed by atoms with Gasteiger partial charge < -0.3 is 10.1 Å². The van der Waals surface area contributed by atoms with Crippen LogP contribution >= 0.6 is 0 Å². The number of rotatable bonds is 3. The highest BCUT2D eigenvalue weighted by Crippen LogP contribution is 2.36. The number of ether oxygens (including phenoxy) is 1. The first-order chi connectivity index (χ1) is 15.8. The third-order valence-electron chi connectivity index (χ3n) is 5.36. The molecule has 3 aromatic carbocycles. The minimum atomic E-state index is -4.80. The number of benzene rings is 3. The summed E-state index contributed by atoms with van der Waals surface area (Å²) in [7, 11) is 1.39. The van der Waals surface area contributed by atoms with Gasteiger partial charge in [-0.25, -0.2) is 9.97 Å². The van der Waals surface area contributed by atoms with Crippen LogP contribution in [-0.4, -0.2) is 28.6 Å². The Morgan fingerprint density at radius 2 is 1.55 bits per heavy atom. The van der Waals surface area contributed by atoms with E-state index < -0.39 is 17.8 Å². The highest BCUT2D eigenvalue weighted by Gasteiger charge is 2.36. The van der Waals surface area contributed by atoms with Gasteiger partial charge in [-0.2, -0.15) is 13.2 Å². The molecule has 5 rings (SSSR count). The first-order valence-electron chi connectivity index (χ1n) is 9.79. The molecule has 164 valence electrons. The van der Waals surface area contributed by atoms with E-state index >= 15 is 0 Å². The van der Waals surface area contributed by atoms with Gasteiger partial charge in [0.25, 0.3) is 0 Å². The fourth-order valence-electron chi connectivity index (χ4n) is 3.84. The normalized spacial score (nSPS) is 13.0. The fraction of sp³-hybridized carbons (Fsp3) is 0.0833. The van der Waals surface area contributed by atoms with Gasteiger partial charge in [-0.15, -0.1) is 0 Å². The van der Waals surface area contributed by atoms with Crippen molar-refractivity contribution in [2.24, 2.45) is 0 Å². The number of carbonyl (C=O) groups is 2. The van der Waals surface area contributed by atoms with E-state index in [9.17, 15) is 22.8 Å². The molecular weight excluding hydrogens is 435 g/mol. The van der Waals surface area contributed by atoms with E-state index in [-0.39, 0.29) is 50.4 Å². The molecule has 6 nitrogen and oxygen atoms in total. The topological polar surface area (TPSA) is 81.2 Å². The maximum atomic E-state index is 13.5. The maximum Gasteiger partial charge on any atom is 0.451 e. The lowest BCUT2D eigenvalue weighted by Crippen LogP contribution is -2.22. The van der Waals surface area contributed by atoms with Crippen LogP contribution in [0.4, 0.5) is 24.7 Å². The monoisotopic (exact) mass is 449 g/mol. The first kappa shape index (κ1) is 20.6. The molecule has 0 fully saturated rings. The van der Waals surface area contributed by atoms with Crippen LogP contribution in [0.5, 0.6) is 5.75 Å². The Hall–Kier alpha value is -4.27. The summed E-state index contributed by atoms with van der Waals surface area (Å²) in [5.74, 6) is -1.91. The van der Waals surface area contributed by atoms with Gasteiger partial charge in [0.2, 0.25) is 5.82 Å². The number of aromatic nitrogens is 2. The van der Waals surface area contributed by atoms with E-state index in [1.165, 1.54) is 31.4 Å². The van der Waals surface area contributed by atoms with E-state index in [4.69, 9.17) is 4.74 Å². The van der Waals surface area contributed by atoms with Crippen LogP contribution in [0.3, 0.4) is 0 Å². The number of ketones is 2. The molecule has 1 N–H and O–H groups in total. The van der Waals surface area contributed by atoms with Gasteiger partial charge in [0, 0.05) is 28.1 Å². The lowest BCUT2D eigenvalue weighted by molar-refractivity contribution is -0.144. The molecule has 4 aromatic rings. The van der Waals surface area contributed by atoms with Crippen molar-refractivity contribution in [2.75, 3.05) is 12.4 Å². The van der Waals surface area contributed by atoms with Crippen molar-refractivity contribution in [3.8, 4) is 5.75 Å². The number of methoxy groups -OCH3 is 1. The Bertz CT molecular complexity index is 1460. The Morgan fingerprint density at radius 1 is 0.848 bits per heavy atom. The smallest absolute Gasteiger partial charge is 0.451 e. The number of halogens is 3. The Kier molecular flexibility index (Phi) is 4.63. The SMILES string of the molecule is COc1ccc2c(Nc3cccc4c3C(=O)c3ccccc3C4=O)nc(C(F)(F)F)nc2c1. The van der Waals surface area contributed by atoms with Crippen LogP contribution in [0.1, 0.15) is 37.7 Å². The summed E-state index contributed by atoms with van der Waals surface area (Å²) >= 11 is 0. The zero-order valence-corrected chi connectivity index (χ0v) is 17.0. The standard InChI is InChI=1S/C24H14F3N3O3/c1-33-12-9-10-15-18(11-12)29-23(24(25,26)27)30-22(15)28-17-8-4-7-16-19(17)21(32)14-6-3-2-5-13(14)20(16)31/h2-11H,1H3,(H,28,29,30). The Morgan fingerprint density at radius 3 is 2.24 bits per heavy atom. The number of nitrogens with zero attached hydrogens (tertiary/aromatic N) is 2. The number of hydrogen-bond acceptors (Lipinski definition) is 6. The second-order valence-electron chi connectivity index (χ2n) is 7.33. The second kappa shape index (κ2) is 7.40.